The highest BCUT2D eigenvalue weighted by atomic mass is 35.5. The summed E-state index contributed by atoms with van der Waals surface area (Å²) < 4.78 is 26.8. The van der Waals surface area contributed by atoms with E-state index in [9.17, 15) is 18.4 Å². The molecule has 60 heavy (non-hydrogen) atoms. The van der Waals surface area contributed by atoms with Crippen LogP contribution in [0.15, 0.2) is 48.8 Å². The summed E-state index contributed by atoms with van der Waals surface area (Å²) in [4.78, 5) is 56.2. The number of anilines is 5. The van der Waals surface area contributed by atoms with Gasteiger partial charge in [-0.1, -0.05) is 46.1 Å². The molecule has 5 heterocycles. The van der Waals surface area contributed by atoms with E-state index in [0.717, 1.165) is 49.8 Å². The molecule has 4 N–H and O–H groups in total. The van der Waals surface area contributed by atoms with E-state index in [-0.39, 0.29) is 28.5 Å². The van der Waals surface area contributed by atoms with Crippen LogP contribution >= 0.6 is 57.5 Å². The number of rotatable bonds is 11. The normalized spacial score (nSPS) is 12.8. The van der Waals surface area contributed by atoms with Gasteiger partial charge in [-0.2, -0.15) is 0 Å². The third-order valence-corrected chi connectivity index (χ3v) is 11.5. The van der Waals surface area contributed by atoms with Gasteiger partial charge in [0.15, 0.2) is 5.13 Å². The number of carbonyl (C=O) groups is 2. The van der Waals surface area contributed by atoms with Crippen LogP contribution < -0.4 is 20.9 Å². The van der Waals surface area contributed by atoms with Crippen LogP contribution in [0.2, 0.25) is 15.2 Å². The van der Waals surface area contributed by atoms with E-state index in [1.54, 1.807) is 26.8 Å². The lowest BCUT2D eigenvalue weighted by Gasteiger charge is -2.35. The largest absolute Gasteiger partial charge is 0.395 e. The van der Waals surface area contributed by atoms with Gasteiger partial charge in [-0.15, -0.1) is 11.3 Å². The number of β-amino-alcohol motifs (C(OH)–C–C–N with tert-alkyl or cyclic N) is 1. The van der Waals surface area contributed by atoms with Gasteiger partial charge in [-0.25, -0.2) is 38.7 Å². The minimum Gasteiger partial charge on any atom is -0.395 e. The highest BCUT2D eigenvalue weighted by Gasteiger charge is 2.20. The number of aromatic nitrogens is 6. The number of aryl methyl sites for hydroxylation is 4. The lowest BCUT2D eigenvalue weighted by molar-refractivity contribution is 0.102. The van der Waals surface area contributed by atoms with Crippen LogP contribution in [0.5, 0.6) is 0 Å². The summed E-state index contributed by atoms with van der Waals surface area (Å²) in [5, 5.41) is 19.6. The Bertz CT molecular complexity index is 2450. The van der Waals surface area contributed by atoms with E-state index in [1.807, 2.05) is 13.0 Å². The maximum absolute atomic E-state index is 13.5. The summed E-state index contributed by atoms with van der Waals surface area (Å²) in [6.45, 7) is 11.1. The number of piperazine rings is 1. The first kappa shape index (κ1) is 44.6. The molecule has 1 saturated heterocycles. The molecule has 1 fully saturated rings. The van der Waals surface area contributed by atoms with Gasteiger partial charge < -0.3 is 26.0 Å². The van der Waals surface area contributed by atoms with Crippen molar-refractivity contribution in [3.8, 4) is 0 Å². The van der Waals surface area contributed by atoms with Crippen molar-refractivity contribution in [2.75, 3.05) is 60.2 Å². The number of nitrogens with zero attached hydrogens (tertiary/aromatic N) is 8. The third kappa shape index (κ3) is 11.9. The molecule has 21 heteroatoms. The van der Waals surface area contributed by atoms with Crippen molar-refractivity contribution in [3.05, 3.63) is 119 Å². The molecule has 0 unspecified atom stereocenters. The lowest BCUT2D eigenvalue weighted by Crippen LogP contribution is -2.47. The summed E-state index contributed by atoms with van der Waals surface area (Å²) >= 11 is 20.4. The van der Waals surface area contributed by atoms with Crippen molar-refractivity contribution in [2.45, 2.75) is 34.1 Å². The third-order valence-electron chi connectivity index (χ3n) is 8.85. The zero-order valence-electron chi connectivity index (χ0n) is 32.6. The maximum Gasteiger partial charge on any atom is 0.267 e. The molecular weight excluding hydrogens is 879 g/mol. The van der Waals surface area contributed by atoms with Gasteiger partial charge in [0.05, 0.1) is 51.1 Å². The molecule has 6 aromatic rings. The zero-order chi connectivity index (χ0) is 43.1. The summed E-state index contributed by atoms with van der Waals surface area (Å²) in [7, 11) is 0. The van der Waals surface area contributed by atoms with E-state index in [4.69, 9.17) is 39.9 Å². The molecule has 14 nitrogen and oxygen atoms in total. The Morgan fingerprint density at radius 1 is 0.750 bits per heavy atom. The molecule has 314 valence electrons. The molecule has 2 aromatic carbocycles. The fraction of sp³-hybridized carbons (Fsp3) is 0.282. The number of thiazole rings is 2. The number of halogens is 5. The van der Waals surface area contributed by atoms with Gasteiger partial charge in [0.1, 0.15) is 49.8 Å². The van der Waals surface area contributed by atoms with Gasteiger partial charge >= 0.3 is 0 Å². The molecule has 0 aliphatic carbocycles. The molecule has 1 aliphatic rings. The van der Waals surface area contributed by atoms with Crippen LogP contribution in [0, 0.1) is 39.3 Å². The predicted octanol–water partition coefficient (Wildman–Crippen LogP) is 8.29. The average Bonchev–Trinajstić information content (AvgIpc) is 3.85. The summed E-state index contributed by atoms with van der Waals surface area (Å²) in [5.74, 6) is 0.927. The van der Waals surface area contributed by atoms with E-state index >= 15 is 0 Å². The van der Waals surface area contributed by atoms with Crippen molar-refractivity contribution in [1.29, 1.82) is 0 Å². The molecule has 1 aliphatic heterocycles. The smallest absolute Gasteiger partial charge is 0.267 e. The van der Waals surface area contributed by atoms with Gasteiger partial charge in [0.25, 0.3) is 11.8 Å². The van der Waals surface area contributed by atoms with E-state index < -0.39 is 11.6 Å². The van der Waals surface area contributed by atoms with E-state index in [2.05, 4.69) is 55.7 Å². The monoisotopic (exact) mass is 915 g/mol. The Labute approximate surface area is 367 Å². The Kier molecular flexibility index (Phi) is 14.9. The maximum atomic E-state index is 13.5. The minimum atomic E-state index is -0.462. The van der Waals surface area contributed by atoms with Crippen molar-refractivity contribution in [1.82, 2.24) is 34.8 Å². The molecule has 0 spiro atoms. The molecule has 0 saturated carbocycles. The van der Waals surface area contributed by atoms with Crippen molar-refractivity contribution in [2.24, 2.45) is 0 Å². The molecule has 2 amide bonds. The van der Waals surface area contributed by atoms with Crippen LogP contribution in [0.1, 0.15) is 52.8 Å². The van der Waals surface area contributed by atoms with E-state index in [0.29, 0.717) is 78.0 Å². The first-order valence-electron chi connectivity index (χ1n) is 18.3. The van der Waals surface area contributed by atoms with Crippen LogP contribution in [-0.4, -0.2) is 91.1 Å². The van der Waals surface area contributed by atoms with Crippen LogP contribution in [-0.2, 0) is 6.42 Å². The summed E-state index contributed by atoms with van der Waals surface area (Å²) in [6, 6.07) is 8.45. The number of carbonyl (C=O) groups excluding carboxylic acids is 2. The first-order valence-corrected chi connectivity index (χ1v) is 21.1. The Balaban J connectivity index is 0.000000209. The van der Waals surface area contributed by atoms with Gasteiger partial charge in [-0.3, -0.25) is 14.5 Å². The lowest BCUT2D eigenvalue weighted by atomic mass is 10.2. The second-order valence-corrected chi connectivity index (χ2v) is 16.8. The Hall–Kier alpha value is -4.95. The van der Waals surface area contributed by atoms with Crippen molar-refractivity contribution < 1.29 is 23.5 Å². The highest BCUT2D eigenvalue weighted by Crippen LogP contribution is 2.31. The highest BCUT2D eigenvalue weighted by molar-refractivity contribution is 7.17. The topological polar surface area (TPSA) is 174 Å². The number of aliphatic hydroxyl groups is 1. The number of amides is 2. The number of benzene rings is 2. The predicted molar refractivity (Wildman–Crippen MR) is 233 cm³/mol. The number of hydrogen-bond acceptors (Lipinski definition) is 14. The number of aliphatic hydroxyl groups excluding tert-OH is 1. The van der Waals surface area contributed by atoms with Crippen molar-refractivity contribution >= 4 is 97.4 Å². The average molecular weight is 917 g/mol. The second-order valence-electron chi connectivity index (χ2n) is 13.5. The fourth-order valence-electron chi connectivity index (χ4n) is 6.07. The number of hydrogen-bond donors (Lipinski definition) is 4. The standard InChI is InChI=1S/C22H25ClFN7O2S.C17H13Cl2FN4OS/c1-13-9-15(24)10-16(23)20(13)29-21(33)17-12-25-22(34-17)28-18-11-19(27-14(2)26-18)31-5-3-30(4-6-31)7-8-32;1-8-3-10(20)4-12(18)16(8)24-17(25)13-7-21-15(26-13)6-11-5-14(19)23-9(2)22-11/h9-12,32H,3-8H2,1-2H3,(H,29,33)(H,25,26,27,28);3-5,7H,6H2,1-2H3,(H,24,25). The SMILES string of the molecule is Cc1nc(Cl)cc(Cc2ncc(C(=O)Nc3c(C)cc(F)cc3Cl)s2)n1.Cc1nc(Nc2ncc(C(=O)Nc3c(C)cc(F)cc3Cl)s2)cc(N2CCN(CCO)CC2)n1. The quantitative estimate of drug-likeness (QED) is 0.0918. The molecular formula is C39H38Cl3F2N11O3S2. The van der Waals surface area contributed by atoms with Crippen molar-refractivity contribution in [3.63, 3.8) is 0 Å². The van der Waals surface area contributed by atoms with Crippen LogP contribution in [0.3, 0.4) is 0 Å². The van der Waals surface area contributed by atoms with Crippen LogP contribution in [0.4, 0.5) is 36.9 Å². The molecule has 0 bridgehead atoms. The van der Waals surface area contributed by atoms with Gasteiger partial charge in [0, 0.05) is 45.2 Å². The first-order chi connectivity index (χ1) is 28.6. The fourth-order valence-corrected chi connectivity index (χ4v) is 8.47. The molecule has 0 atom stereocenters. The summed E-state index contributed by atoms with van der Waals surface area (Å²) in [6.07, 6.45) is 3.39. The summed E-state index contributed by atoms with van der Waals surface area (Å²) in [5.41, 5.74) is 2.54. The van der Waals surface area contributed by atoms with Gasteiger partial charge in [0.2, 0.25) is 0 Å². The Morgan fingerprint density at radius 2 is 1.33 bits per heavy atom. The minimum absolute atomic E-state index is 0.134. The van der Waals surface area contributed by atoms with Crippen LogP contribution in [0.25, 0.3) is 0 Å². The zero-order valence-corrected chi connectivity index (χ0v) is 36.5. The molecule has 4 aromatic heterocycles. The van der Waals surface area contributed by atoms with E-state index in [1.165, 1.54) is 47.2 Å². The molecule has 7 rings (SSSR count). The number of nitrogens with one attached hydrogen (secondary N) is 3. The molecule has 0 radical (unpaired) electrons. The second kappa shape index (κ2) is 20.1. The van der Waals surface area contributed by atoms with Gasteiger partial charge in [-0.05, 0) is 69.2 Å². The Morgan fingerprint density at radius 3 is 1.92 bits per heavy atom.